The van der Waals surface area contributed by atoms with Crippen molar-refractivity contribution in [3.05, 3.63) is 29.3 Å². The molecule has 1 aromatic carbocycles. The molecule has 0 heterocycles. The lowest BCUT2D eigenvalue weighted by Crippen LogP contribution is -2.54. The van der Waals surface area contributed by atoms with E-state index in [1.54, 1.807) is 11.8 Å². The molecule has 1 aliphatic carbocycles. The van der Waals surface area contributed by atoms with E-state index in [0.717, 1.165) is 30.0 Å². The number of carboxylic acids is 1. The van der Waals surface area contributed by atoms with Crippen LogP contribution in [0.4, 0.5) is 0 Å². The normalized spacial score (nSPS) is 19.8. The topological polar surface area (TPSA) is 69.6 Å². The third-order valence-electron chi connectivity index (χ3n) is 4.15. The molecule has 24 heavy (non-hydrogen) atoms. The minimum atomic E-state index is -0.802. The first-order chi connectivity index (χ1) is 11.5. The molecule has 0 saturated heterocycles. The van der Waals surface area contributed by atoms with Gasteiger partial charge in [0.25, 0.3) is 0 Å². The Hall–Kier alpha value is -1.24. The Kier molecular flexibility index (Phi) is 7.40. The first-order valence-corrected chi connectivity index (χ1v) is 9.48. The molecule has 5 nitrogen and oxygen atoms in total. The standard InChI is InChI=1S/C17H23ClN2O3S/c1-2-20(11-17(22)23)14-9-13(10-14)19-16(21)7-8-24-15-5-3-12(18)4-6-15/h3-6,13-14H,2,7-11H2,1H3,(H,19,21)(H,22,23). The van der Waals surface area contributed by atoms with Crippen LogP contribution in [-0.2, 0) is 9.59 Å². The molecule has 0 radical (unpaired) electrons. The Morgan fingerprint density at radius 1 is 1.33 bits per heavy atom. The van der Waals surface area contributed by atoms with Crippen LogP contribution in [-0.4, -0.2) is 52.8 Å². The summed E-state index contributed by atoms with van der Waals surface area (Å²) in [7, 11) is 0. The maximum absolute atomic E-state index is 12.0. The molecule has 1 aliphatic rings. The SMILES string of the molecule is CCN(CC(=O)O)C1CC(NC(=O)CCSc2ccc(Cl)cc2)C1. The molecule has 2 N–H and O–H groups in total. The van der Waals surface area contributed by atoms with E-state index in [-0.39, 0.29) is 24.5 Å². The number of carboxylic acid groups (broad SMARTS) is 1. The van der Waals surface area contributed by atoms with Crippen molar-refractivity contribution in [2.75, 3.05) is 18.8 Å². The monoisotopic (exact) mass is 370 g/mol. The van der Waals surface area contributed by atoms with E-state index in [0.29, 0.717) is 11.4 Å². The summed E-state index contributed by atoms with van der Waals surface area (Å²) in [5.41, 5.74) is 0. The molecule has 2 rings (SSSR count). The van der Waals surface area contributed by atoms with E-state index >= 15 is 0 Å². The molecule has 0 atom stereocenters. The summed E-state index contributed by atoms with van der Waals surface area (Å²) in [5.74, 6) is -0.0197. The molecule has 0 bridgehead atoms. The van der Waals surface area contributed by atoms with Gasteiger partial charge in [-0.1, -0.05) is 18.5 Å². The summed E-state index contributed by atoms with van der Waals surface area (Å²) in [6.07, 6.45) is 2.13. The number of nitrogens with zero attached hydrogens (tertiary/aromatic N) is 1. The number of nitrogens with one attached hydrogen (secondary N) is 1. The lowest BCUT2D eigenvalue weighted by molar-refractivity contribution is -0.139. The van der Waals surface area contributed by atoms with Crippen LogP contribution in [0.25, 0.3) is 0 Å². The zero-order chi connectivity index (χ0) is 17.5. The van der Waals surface area contributed by atoms with Gasteiger partial charge in [-0.2, -0.15) is 0 Å². The minimum Gasteiger partial charge on any atom is -0.480 e. The average molecular weight is 371 g/mol. The van der Waals surface area contributed by atoms with Gasteiger partial charge in [0.15, 0.2) is 0 Å². The third-order valence-corrected chi connectivity index (χ3v) is 5.42. The fourth-order valence-electron chi connectivity index (χ4n) is 2.77. The second-order valence-electron chi connectivity index (χ2n) is 5.90. The fraction of sp³-hybridized carbons (Fsp3) is 0.529. The van der Waals surface area contributed by atoms with Crippen molar-refractivity contribution in [2.45, 2.75) is 43.2 Å². The highest BCUT2D eigenvalue weighted by Crippen LogP contribution is 2.26. The van der Waals surface area contributed by atoms with Crippen LogP contribution in [0.1, 0.15) is 26.2 Å². The largest absolute Gasteiger partial charge is 0.480 e. The maximum atomic E-state index is 12.0. The van der Waals surface area contributed by atoms with Gasteiger partial charge in [0.2, 0.25) is 5.91 Å². The number of hydrogen-bond acceptors (Lipinski definition) is 4. The quantitative estimate of drug-likeness (QED) is 0.654. The second-order valence-corrected chi connectivity index (χ2v) is 7.50. The van der Waals surface area contributed by atoms with Gasteiger partial charge in [0, 0.05) is 34.2 Å². The summed E-state index contributed by atoms with van der Waals surface area (Å²) in [4.78, 5) is 25.8. The van der Waals surface area contributed by atoms with Crippen molar-refractivity contribution in [3.63, 3.8) is 0 Å². The molecular weight excluding hydrogens is 348 g/mol. The van der Waals surface area contributed by atoms with Crippen LogP contribution < -0.4 is 5.32 Å². The summed E-state index contributed by atoms with van der Waals surface area (Å²) in [5, 5.41) is 12.6. The smallest absolute Gasteiger partial charge is 0.317 e. The summed E-state index contributed by atoms with van der Waals surface area (Å²) in [6.45, 7) is 2.75. The number of aliphatic carboxylic acids is 1. The number of rotatable bonds is 9. The van der Waals surface area contributed by atoms with Gasteiger partial charge in [-0.3, -0.25) is 14.5 Å². The lowest BCUT2D eigenvalue weighted by atomic mass is 9.85. The number of carbonyl (C=O) groups excluding carboxylic acids is 1. The molecule has 0 aromatic heterocycles. The predicted molar refractivity (Wildman–Crippen MR) is 96.6 cm³/mol. The van der Waals surface area contributed by atoms with Gasteiger partial charge < -0.3 is 10.4 Å². The number of amides is 1. The van der Waals surface area contributed by atoms with Crippen LogP contribution in [0.15, 0.2) is 29.2 Å². The summed E-state index contributed by atoms with van der Waals surface area (Å²) >= 11 is 7.47. The highest BCUT2D eigenvalue weighted by atomic mass is 35.5. The molecule has 1 aromatic rings. The van der Waals surface area contributed by atoms with E-state index in [9.17, 15) is 9.59 Å². The number of hydrogen-bond donors (Lipinski definition) is 2. The van der Waals surface area contributed by atoms with Crippen molar-refractivity contribution < 1.29 is 14.7 Å². The summed E-state index contributed by atoms with van der Waals surface area (Å²) in [6, 6.07) is 8.02. The maximum Gasteiger partial charge on any atom is 0.317 e. The van der Waals surface area contributed by atoms with Crippen molar-refractivity contribution in [1.82, 2.24) is 10.2 Å². The van der Waals surface area contributed by atoms with E-state index in [4.69, 9.17) is 16.7 Å². The first kappa shape index (κ1) is 19.1. The van der Waals surface area contributed by atoms with Gasteiger partial charge >= 0.3 is 5.97 Å². The Morgan fingerprint density at radius 2 is 2.00 bits per heavy atom. The molecule has 0 aliphatic heterocycles. The van der Waals surface area contributed by atoms with Gasteiger partial charge in [-0.15, -0.1) is 11.8 Å². The predicted octanol–water partition coefficient (Wildman–Crippen LogP) is 2.88. The number of thioether (sulfide) groups is 1. The zero-order valence-electron chi connectivity index (χ0n) is 13.7. The number of carbonyl (C=O) groups is 2. The Balaban J connectivity index is 1.62. The van der Waals surface area contributed by atoms with Crippen molar-refractivity contribution in [1.29, 1.82) is 0 Å². The van der Waals surface area contributed by atoms with Crippen LogP contribution >= 0.6 is 23.4 Å². The molecule has 0 unspecified atom stereocenters. The lowest BCUT2D eigenvalue weighted by Gasteiger charge is -2.42. The molecule has 132 valence electrons. The molecule has 1 saturated carbocycles. The van der Waals surface area contributed by atoms with Gasteiger partial charge in [-0.05, 0) is 43.7 Å². The molecule has 1 amide bonds. The van der Waals surface area contributed by atoms with Gasteiger partial charge in [-0.25, -0.2) is 0 Å². The van der Waals surface area contributed by atoms with E-state index in [1.807, 2.05) is 36.1 Å². The molecular formula is C17H23ClN2O3S. The number of benzene rings is 1. The Labute approximate surface area is 151 Å². The molecule has 7 heteroatoms. The molecule has 0 spiro atoms. The minimum absolute atomic E-state index is 0.0567. The number of likely N-dealkylation sites (N-methyl/N-ethyl adjacent to an activating group) is 1. The van der Waals surface area contributed by atoms with Crippen LogP contribution in [0.3, 0.4) is 0 Å². The van der Waals surface area contributed by atoms with Gasteiger partial charge in [0.05, 0.1) is 6.54 Å². The average Bonchev–Trinajstić information content (AvgIpc) is 2.50. The summed E-state index contributed by atoms with van der Waals surface area (Å²) < 4.78 is 0. The second kappa shape index (κ2) is 9.30. The van der Waals surface area contributed by atoms with Crippen molar-refractivity contribution >= 4 is 35.2 Å². The Bertz CT molecular complexity index is 561. The highest BCUT2D eigenvalue weighted by molar-refractivity contribution is 7.99. The highest BCUT2D eigenvalue weighted by Gasteiger charge is 2.34. The first-order valence-electron chi connectivity index (χ1n) is 8.11. The fourth-order valence-corrected chi connectivity index (χ4v) is 3.75. The van der Waals surface area contributed by atoms with Crippen LogP contribution in [0, 0.1) is 0 Å². The van der Waals surface area contributed by atoms with Crippen LogP contribution in [0.2, 0.25) is 5.02 Å². The van der Waals surface area contributed by atoms with Gasteiger partial charge in [0.1, 0.15) is 0 Å². The number of halogens is 1. The Morgan fingerprint density at radius 3 is 2.58 bits per heavy atom. The van der Waals surface area contributed by atoms with Crippen molar-refractivity contribution in [3.8, 4) is 0 Å². The van der Waals surface area contributed by atoms with E-state index in [1.165, 1.54) is 0 Å². The van der Waals surface area contributed by atoms with E-state index < -0.39 is 5.97 Å². The van der Waals surface area contributed by atoms with E-state index in [2.05, 4.69) is 5.32 Å². The zero-order valence-corrected chi connectivity index (χ0v) is 15.3. The third kappa shape index (κ3) is 6.00. The van der Waals surface area contributed by atoms with Crippen molar-refractivity contribution in [2.24, 2.45) is 0 Å². The molecule has 1 fully saturated rings. The van der Waals surface area contributed by atoms with Crippen LogP contribution in [0.5, 0.6) is 0 Å².